The quantitative estimate of drug-likeness (QED) is 0.444. The van der Waals surface area contributed by atoms with Gasteiger partial charge in [0.05, 0.1) is 34.3 Å². The highest BCUT2D eigenvalue weighted by Gasteiger charge is 2.33. The third-order valence-electron chi connectivity index (χ3n) is 4.77. The number of para-hydroxylation sites is 1. The Bertz CT molecular complexity index is 1250. The Balaban J connectivity index is 1.60. The molecule has 1 aliphatic rings. The van der Waals surface area contributed by atoms with Crippen LogP contribution in [0.15, 0.2) is 75.0 Å². The lowest BCUT2D eigenvalue weighted by molar-refractivity contribution is -0.122. The van der Waals surface area contributed by atoms with E-state index in [2.05, 4.69) is 4.99 Å². The number of hydrogen-bond donors (Lipinski definition) is 1. The van der Waals surface area contributed by atoms with Crippen molar-refractivity contribution in [2.24, 2.45) is 4.99 Å². The summed E-state index contributed by atoms with van der Waals surface area (Å²) in [4.78, 5) is 30.9. The van der Waals surface area contributed by atoms with Crippen LogP contribution >= 0.6 is 23.4 Å². The summed E-state index contributed by atoms with van der Waals surface area (Å²) in [7, 11) is 1.58. The second-order valence-corrected chi connectivity index (χ2v) is 8.41. The number of rotatable bonds is 7. The monoisotopic (exact) mass is 482 g/mol. The van der Waals surface area contributed by atoms with Crippen LogP contribution in [0, 0.1) is 0 Å². The molecule has 3 aromatic rings. The van der Waals surface area contributed by atoms with Crippen molar-refractivity contribution in [1.29, 1.82) is 0 Å². The molecule has 0 spiro atoms. The molecule has 7 nitrogen and oxygen atoms in total. The fourth-order valence-electron chi connectivity index (χ4n) is 3.14. The number of carboxylic acids is 1. The number of benzene rings is 2. The number of amides is 1. The Hall–Kier alpha value is -3.33. The molecule has 9 heteroatoms. The molecule has 1 N–H and O–H groups in total. The zero-order chi connectivity index (χ0) is 23.4. The average molecular weight is 483 g/mol. The molecule has 1 saturated heterocycles. The number of nitrogens with zero attached hydrogens (tertiary/aromatic N) is 2. The van der Waals surface area contributed by atoms with Crippen LogP contribution in [0.3, 0.4) is 0 Å². The van der Waals surface area contributed by atoms with Gasteiger partial charge in [-0.1, -0.05) is 35.9 Å². The predicted molar refractivity (Wildman–Crippen MR) is 129 cm³/mol. The normalized spacial score (nSPS) is 16.2. The SMILES string of the molecule is COCCN1C(=O)/C(=C/c2ccc(-c3ccc(C(=O)O)c(Cl)c3)o2)SC1=Nc1ccccc1. The van der Waals surface area contributed by atoms with Crippen LogP contribution in [0.4, 0.5) is 5.69 Å². The van der Waals surface area contributed by atoms with Crippen LogP contribution in [-0.2, 0) is 9.53 Å². The molecule has 1 aliphatic heterocycles. The number of carboxylic acid groups (broad SMARTS) is 1. The van der Waals surface area contributed by atoms with Crippen molar-refractivity contribution in [2.75, 3.05) is 20.3 Å². The highest BCUT2D eigenvalue weighted by molar-refractivity contribution is 8.18. The van der Waals surface area contributed by atoms with Crippen molar-refractivity contribution >= 4 is 52.2 Å². The summed E-state index contributed by atoms with van der Waals surface area (Å²) in [5.41, 5.74) is 1.40. The zero-order valence-corrected chi connectivity index (χ0v) is 19.1. The largest absolute Gasteiger partial charge is 0.478 e. The second-order valence-electron chi connectivity index (χ2n) is 6.99. The molecule has 1 fully saturated rings. The van der Waals surface area contributed by atoms with Gasteiger partial charge in [0.2, 0.25) is 0 Å². The van der Waals surface area contributed by atoms with Crippen molar-refractivity contribution in [1.82, 2.24) is 4.90 Å². The van der Waals surface area contributed by atoms with Crippen LogP contribution < -0.4 is 0 Å². The van der Waals surface area contributed by atoms with Crippen molar-refractivity contribution < 1.29 is 23.8 Å². The molecular formula is C24H19ClN2O5S. The Morgan fingerprint density at radius 2 is 2.00 bits per heavy atom. The number of halogens is 1. The summed E-state index contributed by atoms with van der Waals surface area (Å²) in [5.74, 6) is -0.296. The minimum Gasteiger partial charge on any atom is -0.478 e. The lowest BCUT2D eigenvalue weighted by Crippen LogP contribution is -2.32. The van der Waals surface area contributed by atoms with Crippen LogP contribution in [0.5, 0.6) is 0 Å². The maximum absolute atomic E-state index is 13.0. The minimum absolute atomic E-state index is 0.0173. The van der Waals surface area contributed by atoms with Gasteiger partial charge in [0, 0.05) is 18.7 Å². The highest BCUT2D eigenvalue weighted by Crippen LogP contribution is 2.35. The van der Waals surface area contributed by atoms with Crippen molar-refractivity contribution in [3.8, 4) is 11.3 Å². The van der Waals surface area contributed by atoms with Gasteiger partial charge in [0.15, 0.2) is 5.17 Å². The highest BCUT2D eigenvalue weighted by atomic mass is 35.5. The van der Waals surface area contributed by atoms with Crippen LogP contribution in [0.2, 0.25) is 5.02 Å². The first kappa shape index (κ1) is 22.8. The fourth-order valence-corrected chi connectivity index (χ4v) is 4.41. The summed E-state index contributed by atoms with van der Waals surface area (Å²) in [5, 5.41) is 9.82. The van der Waals surface area contributed by atoms with Gasteiger partial charge >= 0.3 is 5.97 Å². The van der Waals surface area contributed by atoms with Crippen LogP contribution in [0.1, 0.15) is 16.1 Å². The molecule has 0 radical (unpaired) electrons. The molecule has 0 bridgehead atoms. The van der Waals surface area contributed by atoms with E-state index in [1.165, 1.54) is 23.9 Å². The van der Waals surface area contributed by atoms with Crippen molar-refractivity contribution in [2.45, 2.75) is 0 Å². The van der Waals surface area contributed by atoms with E-state index in [4.69, 9.17) is 25.9 Å². The van der Waals surface area contributed by atoms with Crippen molar-refractivity contribution in [3.63, 3.8) is 0 Å². The Kier molecular flexibility index (Phi) is 6.98. The van der Waals surface area contributed by atoms with Gasteiger partial charge in [-0.15, -0.1) is 0 Å². The average Bonchev–Trinajstić information content (AvgIpc) is 3.38. The first-order valence-corrected chi connectivity index (χ1v) is 11.1. The number of carbonyl (C=O) groups is 2. The molecule has 0 atom stereocenters. The Labute approximate surface area is 199 Å². The number of hydrogen-bond acceptors (Lipinski definition) is 6. The molecule has 1 aromatic heterocycles. The van der Waals surface area contributed by atoms with E-state index in [1.54, 1.807) is 36.3 Å². The zero-order valence-electron chi connectivity index (χ0n) is 17.5. The minimum atomic E-state index is -1.10. The number of carbonyl (C=O) groups excluding carboxylic acids is 1. The third-order valence-corrected chi connectivity index (χ3v) is 6.09. The number of aliphatic imine (C=N–C) groups is 1. The lowest BCUT2D eigenvalue weighted by Gasteiger charge is -2.14. The van der Waals surface area contributed by atoms with E-state index in [0.717, 1.165) is 5.69 Å². The van der Waals surface area contributed by atoms with E-state index < -0.39 is 5.97 Å². The standard InChI is InChI=1S/C24H19ClN2O5S/c1-31-12-11-27-22(28)21(33-24(27)26-16-5-3-2-4-6-16)14-17-8-10-20(32-17)15-7-9-18(23(29)30)19(25)13-15/h2-10,13-14H,11-12H2,1H3,(H,29,30)/b21-14-,26-24?. The maximum Gasteiger partial charge on any atom is 0.337 e. The molecule has 1 amide bonds. The lowest BCUT2D eigenvalue weighted by atomic mass is 10.1. The van der Waals surface area contributed by atoms with Crippen molar-refractivity contribution in [3.05, 3.63) is 81.9 Å². The van der Waals surface area contributed by atoms with Gasteiger partial charge in [-0.2, -0.15) is 0 Å². The molecule has 168 valence electrons. The number of methoxy groups -OCH3 is 1. The van der Waals surface area contributed by atoms with Gasteiger partial charge in [0.1, 0.15) is 11.5 Å². The summed E-state index contributed by atoms with van der Waals surface area (Å²) in [6, 6.07) is 17.5. The summed E-state index contributed by atoms with van der Waals surface area (Å²) >= 11 is 7.33. The summed E-state index contributed by atoms with van der Waals surface area (Å²) in [6.07, 6.45) is 1.66. The van der Waals surface area contributed by atoms with E-state index in [0.29, 0.717) is 40.3 Å². The first-order chi connectivity index (χ1) is 16.0. The number of furan rings is 1. The topological polar surface area (TPSA) is 92.3 Å². The summed E-state index contributed by atoms with van der Waals surface area (Å²) < 4.78 is 11.0. The van der Waals surface area contributed by atoms with E-state index in [-0.39, 0.29) is 16.5 Å². The Morgan fingerprint density at radius 1 is 1.21 bits per heavy atom. The Morgan fingerprint density at radius 3 is 2.70 bits per heavy atom. The number of aromatic carboxylic acids is 1. The van der Waals surface area contributed by atoms with Gasteiger partial charge < -0.3 is 14.3 Å². The maximum atomic E-state index is 13.0. The van der Waals surface area contributed by atoms with Gasteiger partial charge in [0.25, 0.3) is 5.91 Å². The molecule has 33 heavy (non-hydrogen) atoms. The number of thioether (sulfide) groups is 1. The smallest absolute Gasteiger partial charge is 0.337 e. The molecule has 0 unspecified atom stereocenters. The molecular weight excluding hydrogens is 464 g/mol. The van der Waals surface area contributed by atoms with Gasteiger partial charge in [-0.05, 0) is 48.2 Å². The molecule has 0 aliphatic carbocycles. The van der Waals surface area contributed by atoms with E-state index >= 15 is 0 Å². The predicted octanol–water partition coefficient (Wildman–Crippen LogP) is 5.55. The van der Waals surface area contributed by atoms with Gasteiger partial charge in [-0.3, -0.25) is 9.69 Å². The molecule has 4 rings (SSSR count). The van der Waals surface area contributed by atoms with E-state index in [9.17, 15) is 9.59 Å². The third kappa shape index (κ3) is 5.19. The number of amidine groups is 1. The fraction of sp³-hybridized carbons (Fsp3) is 0.125. The number of ether oxygens (including phenoxy) is 1. The summed E-state index contributed by atoms with van der Waals surface area (Å²) in [6.45, 7) is 0.758. The van der Waals surface area contributed by atoms with Crippen LogP contribution in [-0.4, -0.2) is 47.3 Å². The first-order valence-electron chi connectivity index (χ1n) is 9.93. The molecule has 0 saturated carbocycles. The van der Waals surface area contributed by atoms with E-state index in [1.807, 2.05) is 30.3 Å². The second kappa shape index (κ2) is 10.1. The van der Waals surface area contributed by atoms with Gasteiger partial charge in [-0.25, -0.2) is 9.79 Å². The molecule has 2 aromatic carbocycles. The van der Waals surface area contributed by atoms with Crippen LogP contribution in [0.25, 0.3) is 17.4 Å². The molecule has 2 heterocycles.